The molecular weight excluding hydrogens is 360 g/mol. The molecule has 3 heterocycles. The first-order valence-corrected chi connectivity index (χ1v) is 8.70. The summed E-state index contributed by atoms with van der Waals surface area (Å²) in [5.74, 6) is 1.62. The van der Waals surface area contributed by atoms with Gasteiger partial charge in [-0.25, -0.2) is 4.98 Å². The molecule has 0 fully saturated rings. The van der Waals surface area contributed by atoms with Gasteiger partial charge in [0.25, 0.3) is 0 Å². The van der Waals surface area contributed by atoms with Crippen molar-refractivity contribution < 1.29 is 13.2 Å². The number of furan rings is 1. The Labute approximate surface area is 151 Å². The highest BCUT2D eigenvalue weighted by atomic mass is 32.2. The zero-order valence-electron chi connectivity index (χ0n) is 13.4. The molecule has 0 N–H and O–H groups in total. The molecule has 26 heavy (non-hydrogen) atoms. The quantitative estimate of drug-likeness (QED) is 0.469. The first-order valence-electron chi connectivity index (χ1n) is 7.71. The Morgan fingerprint density at radius 3 is 2.65 bits per heavy atom. The van der Waals surface area contributed by atoms with Gasteiger partial charge in [-0.3, -0.25) is 9.13 Å². The second-order valence-corrected chi connectivity index (χ2v) is 6.21. The molecule has 9 heteroatoms. The molecule has 0 bridgehead atoms. The van der Waals surface area contributed by atoms with Crippen molar-refractivity contribution in [2.24, 2.45) is 0 Å². The van der Waals surface area contributed by atoms with Gasteiger partial charge in [0.05, 0.1) is 12.0 Å². The van der Waals surface area contributed by atoms with Crippen LogP contribution < -0.4 is 0 Å². The fourth-order valence-electron chi connectivity index (χ4n) is 2.50. The van der Waals surface area contributed by atoms with Crippen molar-refractivity contribution in [2.45, 2.75) is 17.5 Å². The number of hydrogen-bond acceptors (Lipinski definition) is 5. The van der Waals surface area contributed by atoms with E-state index in [1.54, 1.807) is 18.4 Å². The molecule has 1 aromatic carbocycles. The molecule has 4 rings (SSSR count). The molecule has 6 nitrogen and oxygen atoms in total. The molecule has 132 valence electrons. The highest BCUT2D eigenvalue weighted by molar-refractivity contribution is 7.98. The van der Waals surface area contributed by atoms with Gasteiger partial charge >= 0.3 is 6.55 Å². The molecule has 0 unspecified atom stereocenters. The summed E-state index contributed by atoms with van der Waals surface area (Å²) < 4.78 is 34.1. The van der Waals surface area contributed by atoms with E-state index in [2.05, 4.69) is 15.2 Å². The summed E-state index contributed by atoms with van der Waals surface area (Å²) in [6.07, 6.45) is 4.18. The average Bonchev–Trinajstić information content (AvgIpc) is 3.39. The SMILES string of the molecule is FC(F)n1ccnc1CSc1nnc(-c2ccco2)n1-c1ccccc1. The number of halogens is 2. The molecule has 0 atom stereocenters. The number of rotatable bonds is 6. The lowest BCUT2D eigenvalue weighted by atomic mass is 10.3. The molecule has 4 aromatic rings. The van der Waals surface area contributed by atoms with Crippen LogP contribution in [0.15, 0.2) is 70.7 Å². The topological polar surface area (TPSA) is 61.7 Å². The fourth-order valence-corrected chi connectivity index (χ4v) is 3.40. The lowest BCUT2D eigenvalue weighted by Gasteiger charge is -2.09. The predicted octanol–water partition coefficient (Wildman–Crippen LogP) is 4.41. The second kappa shape index (κ2) is 7.12. The Kier molecular flexibility index (Phi) is 4.53. The first kappa shape index (κ1) is 16.5. The maximum absolute atomic E-state index is 13.0. The normalized spacial score (nSPS) is 11.3. The summed E-state index contributed by atoms with van der Waals surface area (Å²) >= 11 is 1.28. The van der Waals surface area contributed by atoms with Gasteiger partial charge in [0.2, 0.25) is 5.82 Å². The lowest BCUT2D eigenvalue weighted by molar-refractivity contribution is 0.0678. The average molecular weight is 373 g/mol. The standard InChI is InChI=1S/C17H13F2N5OS/c18-16(19)23-9-8-20-14(23)11-26-17-22-21-15(13-7-4-10-25-13)24(17)12-5-2-1-3-6-12/h1-10,16H,11H2. The van der Waals surface area contributed by atoms with Crippen molar-refractivity contribution in [1.82, 2.24) is 24.3 Å². The largest absolute Gasteiger partial charge is 0.461 e. The number of aromatic nitrogens is 5. The number of nitrogens with zero attached hydrogens (tertiary/aromatic N) is 5. The number of imidazole rings is 1. The van der Waals surface area contributed by atoms with Gasteiger partial charge in [0.1, 0.15) is 5.82 Å². The van der Waals surface area contributed by atoms with Crippen LogP contribution in [0.3, 0.4) is 0 Å². The van der Waals surface area contributed by atoms with Crippen LogP contribution in [0.1, 0.15) is 12.4 Å². The number of alkyl halides is 2. The van der Waals surface area contributed by atoms with E-state index in [4.69, 9.17) is 4.42 Å². The molecule has 0 aliphatic heterocycles. The monoisotopic (exact) mass is 373 g/mol. The molecule has 3 aromatic heterocycles. The number of benzene rings is 1. The van der Waals surface area contributed by atoms with E-state index in [9.17, 15) is 8.78 Å². The smallest absolute Gasteiger partial charge is 0.319 e. The highest BCUT2D eigenvalue weighted by Gasteiger charge is 2.19. The zero-order chi connectivity index (χ0) is 17.9. The van der Waals surface area contributed by atoms with Crippen LogP contribution in [0.2, 0.25) is 0 Å². The minimum atomic E-state index is -2.63. The van der Waals surface area contributed by atoms with Crippen molar-refractivity contribution in [3.63, 3.8) is 0 Å². The Hall–Kier alpha value is -2.94. The van der Waals surface area contributed by atoms with Gasteiger partial charge in [-0.05, 0) is 24.3 Å². The summed E-state index contributed by atoms with van der Waals surface area (Å²) in [6, 6.07) is 13.1. The van der Waals surface area contributed by atoms with Gasteiger partial charge in [0, 0.05) is 18.1 Å². The Balaban J connectivity index is 1.69. The lowest BCUT2D eigenvalue weighted by Crippen LogP contribution is -2.03. The van der Waals surface area contributed by atoms with Crippen LogP contribution >= 0.6 is 11.8 Å². The Bertz CT molecular complexity index is 982. The second-order valence-electron chi connectivity index (χ2n) is 5.27. The van der Waals surface area contributed by atoms with Gasteiger partial charge in [-0.1, -0.05) is 30.0 Å². The van der Waals surface area contributed by atoms with E-state index in [1.165, 1.54) is 24.2 Å². The van der Waals surface area contributed by atoms with Crippen molar-refractivity contribution >= 4 is 11.8 Å². The van der Waals surface area contributed by atoms with Gasteiger partial charge in [0.15, 0.2) is 10.9 Å². The van der Waals surface area contributed by atoms with Gasteiger partial charge in [-0.15, -0.1) is 10.2 Å². The molecule has 0 saturated carbocycles. The molecule has 0 saturated heterocycles. The van der Waals surface area contributed by atoms with Crippen molar-refractivity contribution in [2.75, 3.05) is 0 Å². The van der Waals surface area contributed by atoms with E-state index >= 15 is 0 Å². The van der Waals surface area contributed by atoms with Gasteiger partial charge in [-0.2, -0.15) is 8.78 Å². The predicted molar refractivity (Wildman–Crippen MR) is 92.1 cm³/mol. The third-order valence-electron chi connectivity index (χ3n) is 3.68. The van der Waals surface area contributed by atoms with Crippen LogP contribution in [-0.4, -0.2) is 24.3 Å². The van der Waals surface area contributed by atoms with Crippen molar-refractivity contribution in [3.8, 4) is 17.3 Å². The molecule has 0 aliphatic rings. The molecule has 0 spiro atoms. The van der Waals surface area contributed by atoms with Crippen LogP contribution in [0.5, 0.6) is 0 Å². The Morgan fingerprint density at radius 1 is 1.08 bits per heavy atom. The minimum absolute atomic E-state index is 0.237. The summed E-state index contributed by atoms with van der Waals surface area (Å²) in [5.41, 5.74) is 0.851. The van der Waals surface area contributed by atoms with Crippen LogP contribution in [0.25, 0.3) is 17.3 Å². The van der Waals surface area contributed by atoms with Gasteiger partial charge < -0.3 is 4.42 Å². The molecule has 0 aliphatic carbocycles. The number of hydrogen-bond donors (Lipinski definition) is 0. The van der Waals surface area contributed by atoms with Crippen LogP contribution in [0, 0.1) is 0 Å². The third-order valence-corrected chi connectivity index (χ3v) is 4.60. The molecule has 0 amide bonds. The minimum Gasteiger partial charge on any atom is -0.461 e. The maximum Gasteiger partial charge on any atom is 0.319 e. The molecular formula is C17H13F2N5OS. The van der Waals surface area contributed by atoms with E-state index in [0.717, 1.165) is 10.3 Å². The molecule has 0 radical (unpaired) electrons. The number of para-hydroxylation sites is 1. The first-order chi connectivity index (χ1) is 12.7. The van der Waals surface area contributed by atoms with E-state index in [-0.39, 0.29) is 11.6 Å². The Morgan fingerprint density at radius 2 is 1.92 bits per heavy atom. The summed E-state index contributed by atoms with van der Waals surface area (Å²) in [5, 5.41) is 8.99. The fraction of sp³-hybridized carbons (Fsp3) is 0.118. The van der Waals surface area contributed by atoms with Crippen LogP contribution in [0.4, 0.5) is 8.78 Å². The van der Waals surface area contributed by atoms with Crippen molar-refractivity contribution in [3.05, 3.63) is 66.9 Å². The zero-order valence-corrected chi connectivity index (χ0v) is 14.2. The van der Waals surface area contributed by atoms with E-state index in [0.29, 0.717) is 16.7 Å². The van der Waals surface area contributed by atoms with E-state index < -0.39 is 6.55 Å². The van der Waals surface area contributed by atoms with Crippen LogP contribution in [-0.2, 0) is 5.75 Å². The maximum atomic E-state index is 13.0. The highest BCUT2D eigenvalue weighted by Crippen LogP contribution is 2.30. The van der Waals surface area contributed by atoms with E-state index in [1.807, 2.05) is 34.9 Å². The summed E-state index contributed by atoms with van der Waals surface area (Å²) in [7, 11) is 0. The summed E-state index contributed by atoms with van der Waals surface area (Å²) in [6.45, 7) is -2.63. The summed E-state index contributed by atoms with van der Waals surface area (Å²) in [4.78, 5) is 4.00. The number of thioether (sulfide) groups is 1. The third kappa shape index (κ3) is 3.13. The van der Waals surface area contributed by atoms with Crippen molar-refractivity contribution in [1.29, 1.82) is 0 Å².